The molecule has 0 N–H and O–H groups in total. The Morgan fingerprint density at radius 1 is 1.14 bits per heavy atom. The van der Waals surface area contributed by atoms with Crippen molar-refractivity contribution in [1.82, 2.24) is 4.90 Å². The first-order chi connectivity index (χ1) is 10.2. The molecule has 2 nitrogen and oxygen atoms in total. The summed E-state index contributed by atoms with van der Waals surface area (Å²) in [6, 6.07) is 7.91. The lowest BCUT2D eigenvalue weighted by molar-refractivity contribution is 0.181. The Morgan fingerprint density at radius 3 is 2.76 bits per heavy atom. The summed E-state index contributed by atoms with van der Waals surface area (Å²) in [6.45, 7) is 1.25. The summed E-state index contributed by atoms with van der Waals surface area (Å²) < 4.78 is 5.74. The molecule has 0 bridgehead atoms. The number of nitrogens with zero attached hydrogens (tertiary/aromatic N) is 1. The monoisotopic (exact) mass is 285 g/mol. The molecule has 2 saturated carbocycles. The third kappa shape index (κ3) is 2.11. The van der Waals surface area contributed by atoms with E-state index in [-0.39, 0.29) is 0 Å². The number of fused-ring (bicyclic) bond motifs is 1. The van der Waals surface area contributed by atoms with Crippen LogP contribution in [0.4, 0.5) is 0 Å². The molecule has 2 heteroatoms. The second-order valence-corrected chi connectivity index (χ2v) is 7.38. The molecular formula is C19H27NO. The highest BCUT2D eigenvalue weighted by atomic mass is 16.5. The average molecular weight is 285 g/mol. The molecule has 0 spiro atoms. The summed E-state index contributed by atoms with van der Waals surface area (Å²) in [6.07, 6.45) is 9.50. The van der Waals surface area contributed by atoms with Crippen LogP contribution in [0, 0.1) is 0 Å². The van der Waals surface area contributed by atoms with Crippen LogP contribution in [0.15, 0.2) is 18.2 Å². The van der Waals surface area contributed by atoms with Crippen LogP contribution in [0.2, 0.25) is 0 Å². The lowest BCUT2D eigenvalue weighted by Crippen LogP contribution is -2.43. The minimum absolute atomic E-state index is 0.391. The van der Waals surface area contributed by atoms with Crippen LogP contribution in [0.5, 0.6) is 5.75 Å². The minimum Gasteiger partial charge on any atom is -0.496 e. The fourth-order valence-corrected chi connectivity index (χ4v) is 4.92. The van der Waals surface area contributed by atoms with E-state index >= 15 is 0 Å². The number of hydrogen-bond acceptors (Lipinski definition) is 2. The van der Waals surface area contributed by atoms with Crippen molar-refractivity contribution in [2.24, 2.45) is 0 Å². The molecule has 1 aliphatic heterocycles. The van der Waals surface area contributed by atoms with Crippen molar-refractivity contribution in [3.05, 3.63) is 29.3 Å². The maximum Gasteiger partial charge on any atom is 0.122 e. The molecule has 21 heavy (non-hydrogen) atoms. The second kappa shape index (κ2) is 5.01. The first-order valence-corrected chi connectivity index (χ1v) is 8.63. The fraction of sp³-hybridized carbons (Fsp3) is 0.684. The Morgan fingerprint density at radius 2 is 2.00 bits per heavy atom. The van der Waals surface area contributed by atoms with Crippen LogP contribution in [0.25, 0.3) is 0 Å². The van der Waals surface area contributed by atoms with E-state index in [0.717, 1.165) is 17.7 Å². The zero-order chi connectivity index (χ0) is 14.4. The normalized spacial score (nSPS) is 33.0. The standard InChI is InChI=1S/C19H27NO/c1-20-12-11-19(10-4-3-5-18(19)20)15-8-9-16(14-6-7-14)17(13-15)21-2/h8-9,13-14,18H,3-7,10-12H2,1-2H3/t18-,19-/m1/s1. The second-order valence-electron chi connectivity index (χ2n) is 7.38. The highest BCUT2D eigenvalue weighted by Crippen LogP contribution is 2.51. The molecule has 2 atom stereocenters. The van der Waals surface area contributed by atoms with Gasteiger partial charge in [0.1, 0.15) is 5.75 Å². The molecule has 3 aliphatic rings. The minimum atomic E-state index is 0.391. The zero-order valence-corrected chi connectivity index (χ0v) is 13.4. The summed E-state index contributed by atoms with van der Waals surface area (Å²) in [5.41, 5.74) is 3.37. The summed E-state index contributed by atoms with van der Waals surface area (Å²) in [4.78, 5) is 2.60. The fourth-order valence-electron chi connectivity index (χ4n) is 4.92. The van der Waals surface area contributed by atoms with Gasteiger partial charge in [-0.3, -0.25) is 0 Å². The maximum absolute atomic E-state index is 5.74. The molecule has 1 aromatic carbocycles. The molecular weight excluding hydrogens is 258 g/mol. The zero-order valence-electron chi connectivity index (χ0n) is 13.4. The molecule has 114 valence electrons. The van der Waals surface area contributed by atoms with Crippen molar-refractivity contribution in [3.63, 3.8) is 0 Å². The van der Waals surface area contributed by atoms with Gasteiger partial charge in [0.05, 0.1) is 7.11 Å². The van der Waals surface area contributed by atoms with E-state index in [1.54, 1.807) is 0 Å². The third-order valence-electron chi connectivity index (χ3n) is 6.26. The Bertz CT molecular complexity index is 532. The molecule has 0 aromatic heterocycles. The van der Waals surface area contributed by atoms with Gasteiger partial charge in [-0.1, -0.05) is 25.0 Å². The number of benzene rings is 1. The topological polar surface area (TPSA) is 12.5 Å². The van der Waals surface area contributed by atoms with Gasteiger partial charge >= 0.3 is 0 Å². The molecule has 1 heterocycles. The van der Waals surface area contributed by atoms with Gasteiger partial charge in [0.25, 0.3) is 0 Å². The van der Waals surface area contributed by atoms with Crippen molar-refractivity contribution in [3.8, 4) is 5.75 Å². The summed E-state index contributed by atoms with van der Waals surface area (Å²) >= 11 is 0. The van der Waals surface area contributed by atoms with Gasteiger partial charge in [-0.15, -0.1) is 0 Å². The van der Waals surface area contributed by atoms with Gasteiger partial charge in [0.15, 0.2) is 0 Å². The lowest BCUT2D eigenvalue weighted by Gasteiger charge is -2.42. The van der Waals surface area contributed by atoms with E-state index in [0.29, 0.717) is 5.41 Å². The van der Waals surface area contributed by atoms with Gasteiger partial charge in [-0.05, 0) is 68.8 Å². The first kappa shape index (κ1) is 13.6. The molecule has 0 radical (unpaired) electrons. The van der Waals surface area contributed by atoms with E-state index in [4.69, 9.17) is 4.74 Å². The number of ether oxygens (including phenoxy) is 1. The maximum atomic E-state index is 5.74. The summed E-state index contributed by atoms with van der Waals surface area (Å²) in [7, 11) is 4.15. The molecule has 4 rings (SSSR count). The van der Waals surface area contributed by atoms with Crippen molar-refractivity contribution in [2.45, 2.75) is 62.3 Å². The van der Waals surface area contributed by atoms with Crippen molar-refractivity contribution in [2.75, 3.05) is 20.7 Å². The highest BCUT2D eigenvalue weighted by molar-refractivity contribution is 5.45. The number of hydrogen-bond donors (Lipinski definition) is 0. The van der Waals surface area contributed by atoms with Gasteiger partial charge in [0.2, 0.25) is 0 Å². The largest absolute Gasteiger partial charge is 0.496 e. The van der Waals surface area contributed by atoms with Gasteiger partial charge in [-0.2, -0.15) is 0 Å². The van der Waals surface area contributed by atoms with Crippen LogP contribution in [0.3, 0.4) is 0 Å². The Balaban J connectivity index is 1.74. The van der Waals surface area contributed by atoms with Crippen LogP contribution >= 0.6 is 0 Å². The van der Waals surface area contributed by atoms with Crippen LogP contribution in [0.1, 0.15) is 62.0 Å². The number of methoxy groups -OCH3 is 1. The highest BCUT2D eigenvalue weighted by Gasteiger charge is 2.48. The van der Waals surface area contributed by atoms with Crippen molar-refractivity contribution < 1.29 is 4.74 Å². The predicted molar refractivity (Wildman–Crippen MR) is 86.2 cm³/mol. The summed E-state index contributed by atoms with van der Waals surface area (Å²) in [5.74, 6) is 1.91. The molecule has 0 amide bonds. The van der Waals surface area contributed by atoms with Crippen LogP contribution < -0.4 is 4.74 Å². The molecule has 0 unspecified atom stereocenters. The lowest BCUT2D eigenvalue weighted by atomic mass is 9.66. The quantitative estimate of drug-likeness (QED) is 0.829. The number of likely N-dealkylation sites (N-methyl/N-ethyl adjacent to an activating group) is 1. The van der Waals surface area contributed by atoms with Gasteiger partial charge < -0.3 is 9.64 Å². The third-order valence-corrected chi connectivity index (χ3v) is 6.26. The Kier molecular flexibility index (Phi) is 3.25. The van der Waals surface area contributed by atoms with E-state index in [1.807, 2.05) is 7.11 Å². The molecule has 1 saturated heterocycles. The van der Waals surface area contributed by atoms with Crippen LogP contribution in [-0.2, 0) is 5.41 Å². The predicted octanol–water partition coefficient (Wildman–Crippen LogP) is 4.09. The van der Waals surface area contributed by atoms with Gasteiger partial charge in [0, 0.05) is 11.5 Å². The van der Waals surface area contributed by atoms with Crippen molar-refractivity contribution in [1.29, 1.82) is 0 Å². The van der Waals surface area contributed by atoms with E-state index in [2.05, 4.69) is 30.1 Å². The van der Waals surface area contributed by atoms with Gasteiger partial charge in [-0.25, -0.2) is 0 Å². The molecule has 2 aliphatic carbocycles. The Labute approximate surface area is 128 Å². The molecule has 1 aromatic rings. The number of likely N-dealkylation sites (tertiary alicyclic amines) is 1. The number of rotatable bonds is 3. The van der Waals surface area contributed by atoms with E-state index < -0.39 is 0 Å². The average Bonchev–Trinajstić information content (AvgIpc) is 3.32. The van der Waals surface area contributed by atoms with E-state index in [9.17, 15) is 0 Å². The van der Waals surface area contributed by atoms with E-state index in [1.165, 1.54) is 62.6 Å². The first-order valence-electron chi connectivity index (χ1n) is 8.63. The van der Waals surface area contributed by atoms with Crippen molar-refractivity contribution >= 4 is 0 Å². The van der Waals surface area contributed by atoms with Crippen LogP contribution in [-0.4, -0.2) is 31.6 Å². The summed E-state index contributed by atoms with van der Waals surface area (Å²) in [5, 5.41) is 0. The smallest absolute Gasteiger partial charge is 0.122 e. The SMILES string of the molecule is COc1cc([C@]23CCCC[C@H]2N(C)CC3)ccc1C1CC1. The molecule has 3 fully saturated rings. The Hall–Kier alpha value is -1.02.